The molecule has 17 heavy (non-hydrogen) atoms. The molecule has 6 nitrogen and oxygen atoms in total. The molecule has 0 amide bonds. The van der Waals surface area contributed by atoms with Crippen LogP contribution in [0.4, 0.5) is 5.95 Å². The van der Waals surface area contributed by atoms with Crippen molar-refractivity contribution < 1.29 is 8.42 Å². The smallest absolute Gasteiger partial charge is 0.225 e. The van der Waals surface area contributed by atoms with Crippen LogP contribution in [0.15, 0.2) is 12.4 Å². The van der Waals surface area contributed by atoms with E-state index < -0.39 is 9.84 Å². The lowest BCUT2D eigenvalue weighted by Gasteiger charge is -2.16. The number of nitrogens with zero attached hydrogens (tertiary/aromatic N) is 3. The SMILES string of the molecule is CN(CCS(C)(=O)=O)c1ncc(CCN)cn1. The third kappa shape index (κ3) is 5.10. The molecule has 2 N–H and O–H groups in total. The molecule has 0 aliphatic heterocycles. The van der Waals surface area contributed by atoms with Gasteiger partial charge in [-0.1, -0.05) is 0 Å². The highest BCUT2D eigenvalue weighted by Crippen LogP contribution is 2.05. The third-order valence-corrected chi connectivity index (χ3v) is 3.19. The van der Waals surface area contributed by atoms with E-state index in [-0.39, 0.29) is 5.75 Å². The molecule has 7 heteroatoms. The summed E-state index contributed by atoms with van der Waals surface area (Å²) in [5.74, 6) is 0.617. The van der Waals surface area contributed by atoms with Crippen LogP contribution in [-0.2, 0) is 16.3 Å². The Balaban J connectivity index is 2.60. The number of anilines is 1. The summed E-state index contributed by atoms with van der Waals surface area (Å²) < 4.78 is 22.0. The molecule has 1 heterocycles. The molecule has 0 spiro atoms. The standard InChI is InChI=1S/C10H18N4O2S/c1-14(5-6-17(2,15)16)10-12-7-9(3-4-11)8-13-10/h7-8H,3-6,11H2,1-2H3. The van der Waals surface area contributed by atoms with Gasteiger partial charge in [0.2, 0.25) is 5.95 Å². The van der Waals surface area contributed by atoms with E-state index in [2.05, 4.69) is 9.97 Å². The van der Waals surface area contributed by atoms with E-state index in [4.69, 9.17) is 5.73 Å². The minimum atomic E-state index is -2.96. The fourth-order valence-corrected chi connectivity index (χ4v) is 1.85. The van der Waals surface area contributed by atoms with E-state index in [0.717, 1.165) is 12.0 Å². The molecule has 96 valence electrons. The van der Waals surface area contributed by atoms with Crippen LogP contribution in [-0.4, -0.2) is 50.5 Å². The van der Waals surface area contributed by atoms with Gasteiger partial charge in [-0.3, -0.25) is 0 Å². The first-order chi connectivity index (χ1) is 7.92. The molecule has 0 unspecified atom stereocenters. The Labute approximate surface area is 102 Å². The van der Waals surface area contributed by atoms with Gasteiger partial charge in [0.15, 0.2) is 0 Å². The van der Waals surface area contributed by atoms with Crippen molar-refractivity contribution in [3.63, 3.8) is 0 Å². The van der Waals surface area contributed by atoms with Crippen LogP contribution >= 0.6 is 0 Å². The molecule has 1 aromatic rings. The Morgan fingerprint density at radius 3 is 2.41 bits per heavy atom. The van der Waals surface area contributed by atoms with Crippen molar-refractivity contribution in [1.29, 1.82) is 0 Å². The maximum atomic E-state index is 11.0. The Morgan fingerprint density at radius 2 is 1.94 bits per heavy atom. The van der Waals surface area contributed by atoms with Crippen molar-refractivity contribution in [1.82, 2.24) is 9.97 Å². The maximum Gasteiger partial charge on any atom is 0.225 e. The molecule has 0 radical (unpaired) electrons. The molecule has 0 atom stereocenters. The van der Waals surface area contributed by atoms with Crippen LogP contribution in [0.2, 0.25) is 0 Å². The van der Waals surface area contributed by atoms with Gasteiger partial charge < -0.3 is 10.6 Å². The maximum absolute atomic E-state index is 11.0. The quantitative estimate of drug-likeness (QED) is 0.737. The van der Waals surface area contributed by atoms with E-state index in [1.165, 1.54) is 6.26 Å². The summed E-state index contributed by atoms with van der Waals surface area (Å²) in [7, 11) is -1.19. The molecule has 0 saturated heterocycles. The average Bonchev–Trinajstić information content (AvgIpc) is 2.26. The van der Waals surface area contributed by atoms with E-state index in [1.54, 1.807) is 24.3 Å². The van der Waals surface area contributed by atoms with Crippen LogP contribution in [0, 0.1) is 0 Å². The summed E-state index contributed by atoms with van der Waals surface area (Å²) in [6, 6.07) is 0. The average molecular weight is 258 g/mol. The Hall–Kier alpha value is -1.21. The Morgan fingerprint density at radius 1 is 1.35 bits per heavy atom. The van der Waals surface area contributed by atoms with Crippen LogP contribution < -0.4 is 10.6 Å². The van der Waals surface area contributed by atoms with Crippen molar-refractivity contribution in [2.45, 2.75) is 6.42 Å². The normalized spacial score (nSPS) is 11.5. The first-order valence-corrected chi connectivity index (χ1v) is 7.38. The number of sulfone groups is 1. The molecular weight excluding hydrogens is 240 g/mol. The third-order valence-electron chi connectivity index (χ3n) is 2.26. The number of aromatic nitrogens is 2. The van der Waals surface area contributed by atoms with Gasteiger partial charge in [-0.05, 0) is 18.5 Å². The van der Waals surface area contributed by atoms with Crippen molar-refractivity contribution in [2.75, 3.05) is 37.0 Å². The summed E-state index contributed by atoms with van der Waals surface area (Å²) >= 11 is 0. The minimum Gasteiger partial charge on any atom is -0.343 e. The molecule has 1 aromatic heterocycles. The van der Waals surface area contributed by atoms with Gasteiger partial charge in [0.05, 0.1) is 5.75 Å². The minimum absolute atomic E-state index is 0.0947. The highest BCUT2D eigenvalue weighted by atomic mass is 32.2. The first kappa shape index (κ1) is 13.9. The van der Waals surface area contributed by atoms with Crippen LogP contribution in [0.5, 0.6) is 0 Å². The zero-order chi connectivity index (χ0) is 12.9. The predicted octanol–water partition coefficient (Wildman–Crippen LogP) is -0.541. The zero-order valence-corrected chi connectivity index (χ0v) is 10.9. The highest BCUT2D eigenvalue weighted by Gasteiger charge is 2.08. The number of hydrogen-bond donors (Lipinski definition) is 1. The lowest BCUT2D eigenvalue weighted by Crippen LogP contribution is -2.26. The lowest BCUT2D eigenvalue weighted by molar-refractivity contribution is 0.600. The van der Waals surface area contributed by atoms with Crippen LogP contribution in [0.1, 0.15) is 5.56 Å². The van der Waals surface area contributed by atoms with Crippen molar-refractivity contribution in [3.05, 3.63) is 18.0 Å². The Bertz CT molecular complexity index is 444. The predicted molar refractivity (Wildman–Crippen MR) is 67.8 cm³/mol. The number of hydrogen-bond acceptors (Lipinski definition) is 6. The fraction of sp³-hybridized carbons (Fsp3) is 0.600. The van der Waals surface area contributed by atoms with Crippen LogP contribution in [0.3, 0.4) is 0 Å². The van der Waals surface area contributed by atoms with Crippen molar-refractivity contribution >= 4 is 15.8 Å². The molecule has 0 saturated carbocycles. The van der Waals surface area contributed by atoms with E-state index in [0.29, 0.717) is 19.0 Å². The van der Waals surface area contributed by atoms with Gasteiger partial charge in [0.25, 0.3) is 0 Å². The monoisotopic (exact) mass is 258 g/mol. The summed E-state index contributed by atoms with van der Waals surface area (Å²) in [5, 5.41) is 0. The highest BCUT2D eigenvalue weighted by molar-refractivity contribution is 7.90. The molecule has 1 rings (SSSR count). The number of rotatable bonds is 6. The number of nitrogens with two attached hydrogens (primary N) is 1. The second-order valence-corrected chi connectivity index (χ2v) is 6.24. The second-order valence-electron chi connectivity index (χ2n) is 3.98. The molecule has 0 aliphatic carbocycles. The fourth-order valence-electron chi connectivity index (χ4n) is 1.24. The zero-order valence-electron chi connectivity index (χ0n) is 10.1. The van der Waals surface area contributed by atoms with E-state index >= 15 is 0 Å². The van der Waals surface area contributed by atoms with Crippen molar-refractivity contribution in [3.8, 4) is 0 Å². The van der Waals surface area contributed by atoms with E-state index in [9.17, 15) is 8.42 Å². The van der Waals surface area contributed by atoms with Gasteiger partial charge in [0, 0.05) is 32.2 Å². The van der Waals surface area contributed by atoms with Gasteiger partial charge in [-0.2, -0.15) is 0 Å². The van der Waals surface area contributed by atoms with Crippen LogP contribution in [0.25, 0.3) is 0 Å². The van der Waals surface area contributed by atoms with Gasteiger partial charge in [0.1, 0.15) is 9.84 Å². The molecule has 0 aliphatic rings. The summed E-state index contributed by atoms with van der Waals surface area (Å²) in [6.07, 6.45) is 5.39. The Kier molecular flexibility index (Phi) is 4.83. The summed E-state index contributed by atoms with van der Waals surface area (Å²) in [4.78, 5) is 10.0. The second kappa shape index (κ2) is 5.92. The van der Waals surface area contributed by atoms with Gasteiger partial charge in [-0.25, -0.2) is 18.4 Å². The van der Waals surface area contributed by atoms with Gasteiger partial charge >= 0.3 is 0 Å². The molecule has 0 bridgehead atoms. The first-order valence-electron chi connectivity index (χ1n) is 5.32. The topological polar surface area (TPSA) is 89.2 Å². The molecular formula is C10H18N4O2S. The molecule has 0 fully saturated rings. The van der Waals surface area contributed by atoms with E-state index in [1.807, 2.05) is 0 Å². The lowest BCUT2D eigenvalue weighted by atomic mass is 10.2. The summed E-state index contributed by atoms with van der Waals surface area (Å²) in [5.41, 5.74) is 6.40. The summed E-state index contributed by atoms with van der Waals surface area (Å²) in [6.45, 7) is 0.946. The van der Waals surface area contributed by atoms with Gasteiger partial charge in [-0.15, -0.1) is 0 Å². The largest absolute Gasteiger partial charge is 0.343 e. The molecule has 0 aromatic carbocycles. The van der Waals surface area contributed by atoms with Crippen molar-refractivity contribution in [2.24, 2.45) is 5.73 Å².